The van der Waals surface area contributed by atoms with E-state index in [4.69, 9.17) is 47.4 Å². The minimum absolute atomic E-state index is 0.0638. The lowest BCUT2D eigenvalue weighted by molar-refractivity contribution is -0.995. The van der Waals surface area contributed by atoms with Gasteiger partial charge in [-0.1, -0.05) is 0 Å². The van der Waals surface area contributed by atoms with Crippen molar-refractivity contribution in [1.29, 1.82) is 0 Å². The van der Waals surface area contributed by atoms with Crippen LogP contribution in [0.15, 0.2) is 12.5 Å². The van der Waals surface area contributed by atoms with Crippen molar-refractivity contribution in [2.45, 2.75) is 122 Å². The normalized spacial score (nSPS) is 51.3. The van der Waals surface area contributed by atoms with Gasteiger partial charge in [-0.05, 0) is 6.58 Å². The Hall–Kier alpha value is -1.50. The molecule has 12 N–H and O–H groups in total. The highest BCUT2D eigenvalue weighted by Crippen LogP contribution is 2.48. The Bertz CT molecular complexity index is 1280. The van der Waals surface area contributed by atoms with E-state index >= 15 is 0 Å². The molecule has 0 amide bonds. The van der Waals surface area contributed by atoms with Crippen LogP contribution in [0.25, 0.3) is 0 Å². The van der Waals surface area contributed by atoms with Gasteiger partial charge >= 0.3 is 11.7 Å². The molecule has 0 spiro atoms. The molecule has 23 nitrogen and oxygen atoms in total. The van der Waals surface area contributed by atoms with Crippen LogP contribution >= 0.6 is 0 Å². The summed E-state index contributed by atoms with van der Waals surface area (Å²) in [6, 6.07) is 0. The zero-order chi connectivity index (χ0) is 38.8. The largest absolute Gasteiger partial charge is 0.481 e. The van der Waals surface area contributed by atoms with Gasteiger partial charge in [0.25, 0.3) is 5.95 Å². The Labute approximate surface area is 301 Å². The summed E-state index contributed by atoms with van der Waals surface area (Å²) in [4.78, 5) is 0. The van der Waals surface area contributed by atoms with E-state index in [2.05, 4.69) is 6.58 Å². The number of aliphatic hydroxyl groups is 12. The van der Waals surface area contributed by atoms with E-state index in [0.29, 0.717) is 0 Å². The highest BCUT2D eigenvalue weighted by atomic mass is 16.9. The molecule has 6 rings (SSSR count). The van der Waals surface area contributed by atoms with Gasteiger partial charge in [-0.15, -0.1) is 0 Å². The molecule has 0 aromatic heterocycles. The molecule has 53 heavy (non-hydrogen) atoms. The lowest BCUT2D eigenvalue weighted by Gasteiger charge is -2.58. The SMILES string of the molecule is C=C(O)O[C@]1(O[C@@H]2[C@H]3OC[C@@H]2O[C@@H](O[C@@H]2[C@@H](O)[C@H](O[C@@H]4[C@H]5OC[C@@H]4O[C@@H](O)[C@H]5O)O[C@H](CO)[C@H]2O)[C@H]3O)O[C@H](CO)[C@H](O)[C@H](O)[C@]1(O)[N+](C)(C)CCO. The second-order valence-corrected chi connectivity index (χ2v) is 14.4. The number of hydrogen-bond donors (Lipinski definition) is 12. The quantitative estimate of drug-likeness (QED) is 0.0469. The first-order valence-electron chi connectivity index (χ1n) is 17.0. The number of nitrogens with zero attached hydrogens (tertiary/aromatic N) is 1. The van der Waals surface area contributed by atoms with Crippen molar-refractivity contribution in [1.82, 2.24) is 0 Å². The van der Waals surface area contributed by atoms with Crippen molar-refractivity contribution in [2.24, 2.45) is 0 Å². The maximum absolute atomic E-state index is 12.2. The molecule has 0 radical (unpaired) electrons. The van der Waals surface area contributed by atoms with Gasteiger partial charge in [0, 0.05) is 0 Å². The molecule has 23 heteroatoms. The van der Waals surface area contributed by atoms with Crippen LogP contribution in [0.1, 0.15) is 0 Å². The van der Waals surface area contributed by atoms with Gasteiger partial charge in [0.1, 0.15) is 92.0 Å². The van der Waals surface area contributed by atoms with E-state index in [1.54, 1.807) is 0 Å². The van der Waals surface area contributed by atoms with Gasteiger partial charge in [0.2, 0.25) is 0 Å². The number of quaternary nitrogens is 1. The molecule has 6 fully saturated rings. The number of aliphatic hydroxyl groups excluding tert-OH is 11. The number of ether oxygens (including phenoxy) is 10. The Morgan fingerprint density at radius 1 is 0.736 bits per heavy atom. The lowest BCUT2D eigenvalue weighted by atomic mass is 9.88. The Morgan fingerprint density at radius 2 is 1.32 bits per heavy atom. The van der Waals surface area contributed by atoms with Crippen molar-refractivity contribution in [3.05, 3.63) is 12.5 Å². The zero-order valence-corrected chi connectivity index (χ0v) is 28.7. The first-order chi connectivity index (χ1) is 24.9. The average Bonchev–Trinajstić information content (AvgIpc) is 3.59. The third kappa shape index (κ3) is 6.87. The molecule has 0 unspecified atom stereocenters. The first-order valence-corrected chi connectivity index (χ1v) is 17.0. The van der Waals surface area contributed by atoms with Crippen LogP contribution in [0.5, 0.6) is 0 Å². The fourth-order valence-electron chi connectivity index (χ4n) is 7.76. The van der Waals surface area contributed by atoms with E-state index in [-0.39, 0.29) is 19.8 Å². The van der Waals surface area contributed by atoms with Gasteiger partial charge in [-0.3, -0.25) is 4.48 Å². The third-order valence-corrected chi connectivity index (χ3v) is 10.7. The molecule has 6 heterocycles. The Kier molecular flexibility index (Phi) is 12.0. The van der Waals surface area contributed by atoms with E-state index < -0.39 is 152 Å². The van der Waals surface area contributed by atoms with Crippen molar-refractivity contribution in [3.8, 4) is 0 Å². The molecule has 6 aliphatic heterocycles. The maximum atomic E-state index is 12.2. The van der Waals surface area contributed by atoms with Gasteiger partial charge in [-0.25, -0.2) is 0 Å². The summed E-state index contributed by atoms with van der Waals surface area (Å²) < 4.78 is 56.4. The van der Waals surface area contributed by atoms with E-state index in [9.17, 15) is 61.3 Å². The van der Waals surface area contributed by atoms with Crippen molar-refractivity contribution in [2.75, 3.05) is 53.7 Å². The molecule has 0 aromatic carbocycles. The summed E-state index contributed by atoms with van der Waals surface area (Å²) in [7, 11) is 2.62. The predicted molar refractivity (Wildman–Crippen MR) is 162 cm³/mol. The topological polar surface area (TPSA) is 335 Å². The summed E-state index contributed by atoms with van der Waals surface area (Å²) in [5.74, 6) is -4.15. The summed E-state index contributed by atoms with van der Waals surface area (Å²) in [6.07, 6.45) is -27.9. The van der Waals surface area contributed by atoms with Crippen LogP contribution in [-0.4, -0.2) is 242 Å². The smallest absolute Gasteiger partial charge is 0.420 e. The molecule has 6 aliphatic rings. The van der Waals surface area contributed by atoms with Crippen molar-refractivity contribution in [3.63, 3.8) is 0 Å². The first kappa shape index (κ1) is 41.1. The monoisotopic (exact) mass is 776 g/mol. The summed E-state index contributed by atoms with van der Waals surface area (Å²) >= 11 is 0. The van der Waals surface area contributed by atoms with E-state index in [1.165, 1.54) is 14.1 Å². The Balaban J connectivity index is 1.23. The van der Waals surface area contributed by atoms with Crippen LogP contribution in [-0.2, 0) is 47.4 Å². The second kappa shape index (κ2) is 15.4. The summed E-state index contributed by atoms with van der Waals surface area (Å²) in [6.45, 7) is 0.264. The van der Waals surface area contributed by atoms with Gasteiger partial charge in [-0.2, -0.15) is 0 Å². The molecule has 306 valence electrons. The van der Waals surface area contributed by atoms with Gasteiger partial charge in [0.15, 0.2) is 25.0 Å². The summed E-state index contributed by atoms with van der Waals surface area (Å²) in [5, 5.41) is 128. The average molecular weight is 777 g/mol. The van der Waals surface area contributed by atoms with Gasteiger partial charge < -0.3 is 109 Å². The van der Waals surface area contributed by atoms with Crippen LogP contribution in [0.2, 0.25) is 0 Å². The van der Waals surface area contributed by atoms with Crippen molar-refractivity contribution < 1.29 is 113 Å². The van der Waals surface area contributed by atoms with Crippen LogP contribution in [0, 0.1) is 0 Å². The Morgan fingerprint density at radius 3 is 1.92 bits per heavy atom. The van der Waals surface area contributed by atoms with Crippen LogP contribution in [0.3, 0.4) is 0 Å². The highest BCUT2D eigenvalue weighted by Gasteiger charge is 2.78. The lowest BCUT2D eigenvalue weighted by Crippen LogP contribution is -2.85. The molecule has 0 aromatic rings. The molecular formula is C30H50NO22+. The predicted octanol–water partition coefficient (Wildman–Crippen LogP) is -7.89. The highest BCUT2D eigenvalue weighted by molar-refractivity contribution is 5.05. The molecule has 0 aliphatic carbocycles. The number of rotatable bonds is 13. The molecule has 0 saturated carbocycles. The van der Waals surface area contributed by atoms with Crippen molar-refractivity contribution >= 4 is 0 Å². The second-order valence-electron chi connectivity index (χ2n) is 14.4. The summed E-state index contributed by atoms with van der Waals surface area (Å²) in [5.41, 5.74) is -2.92. The maximum Gasteiger partial charge on any atom is 0.420 e. The molecular weight excluding hydrogens is 726 g/mol. The minimum atomic E-state index is -3.04. The standard InChI is InChI=1S/C30H49NO22/c1-10(35)51-30(29(43,31(2,3)4-5-32)25(41)16(37)12(7-34)52-30)53-21-14-9-45-24(21)19(40)28(48-14)50-22-15(36)11(6-33)47-27(18(22)39)49-20-13-8-44-23(20)17(38)26(42)46-13/h11-28,32-34,36-43H,1,4-9H2,2-3H3/p+1/t11-,12-,13+,14+,15-,16+,17+,18-,19+,20+,21+,22+,23+,24+,25+,26-,27+,28+,29-,30+/m1/s1. The number of likely N-dealkylation sites (N-methyl/N-ethyl adjacent to an activating group) is 1. The fraction of sp³-hybridized carbons (Fsp3) is 0.933. The van der Waals surface area contributed by atoms with E-state index in [1.807, 2.05) is 0 Å². The minimum Gasteiger partial charge on any atom is -0.481 e. The molecule has 20 atom stereocenters. The molecule has 4 bridgehead atoms. The third-order valence-electron chi connectivity index (χ3n) is 10.7. The van der Waals surface area contributed by atoms with Crippen LogP contribution in [0.4, 0.5) is 0 Å². The number of fused-ring (bicyclic) bond motifs is 4. The van der Waals surface area contributed by atoms with Crippen LogP contribution < -0.4 is 0 Å². The fourth-order valence-corrected chi connectivity index (χ4v) is 7.76. The van der Waals surface area contributed by atoms with E-state index in [0.717, 1.165) is 0 Å². The number of hydrogen-bond acceptors (Lipinski definition) is 22. The van der Waals surface area contributed by atoms with Gasteiger partial charge in [0.05, 0.1) is 47.1 Å². The zero-order valence-electron chi connectivity index (χ0n) is 28.7. The molecule has 6 saturated heterocycles.